The fourth-order valence-electron chi connectivity index (χ4n) is 1.56. The van der Waals surface area contributed by atoms with Crippen LogP contribution in [0, 0.1) is 6.92 Å². The maximum absolute atomic E-state index is 11.5. The highest BCUT2D eigenvalue weighted by atomic mass is 16.5. The first-order valence-electron chi connectivity index (χ1n) is 4.84. The van der Waals surface area contributed by atoms with E-state index in [0.29, 0.717) is 11.4 Å². The quantitative estimate of drug-likeness (QED) is 0.724. The van der Waals surface area contributed by atoms with Gasteiger partial charge in [0.2, 0.25) is 6.10 Å². The highest BCUT2D eigenvalue weighted by Gasteiger charge is 2.31. The molecule has 80 valence electrons. The standard InChI is InChI=1S/C11H13NO3/c1-6-3-4-9-8(5-6)12-11(14)10(15-9)7(2)13/h3-5,7,10,13H,1-2H3,(H,12,14)/t7-,10+/m1/s1. The minimum Gasteiger partial charge on any atom is -0.476 e. The summed E-state index contributed by atoms with van der Waals surface area (Å²) in [7, 11) is 0. The van der Waals surface area contributed by atoms with Gasteiger partial charge in [0, 0.05) is 0 Å². The lowest BCUT2D eigenvalue weighted by Crippen LogP contribution is -2.44. The van der Waals surface area contributed by atoms with Crippen LogP contribution in [0.2, 0.25) is 0 Å². The Bertz CT molecular complexity index is 401. The van der Waals surface area contributed by atoms with Crippen molar-refractivity contribution < 1.29 is 14.6 Å². The summed E-state index contributed by atoms with van der Waals surface area (Å²) in [6.07, 6.45) is -1.64. The van der Waals surface area contributed by atoms with Gasteiger partial charge in [0.15, 0.2) is 0 Å². The largest absolute Gasteiger partial charge is 0.476 e. The van der Waals surface area contributed by atoms with Gasteiger partial charge >= 0.3 is 0 Å². The van der Waals surface area contributed by atoms with Gasteiger partial charge in [-0.15, -0.1) is 0 Å². The molecule has 1 aliphatic rings. The zero-order valence-corrected chi connectivity index (χ0v) is 8.65. The monoisotopic (exact) mass is 207 g/mol. The fourth-order valence-corrected chi connectivity index (χ4v) is 1.56. The van der Waals surface area contributed by atoms with Crippen molar-refractivity contribution >= 4 is 11.6 Å². The van der Waals surface area contributed by atoms with Gasteiger partial charge in [-0.3, -0.25) is 4.79 Å². The number of carbonyl (C=O) groups is 1. The second-order valence-corrected chi connectivity index (χ2v) is 3.77. The molecule has 1 aromatic rings. The molecule has 1 heterocycles. The lowest BCUT2D eigenvalue weighted by Gasteiger charge is -2.27. The third-order valence-electron chi connectivity index (χ3n) is 2.34. The van der Waals surface area contributed by atoms with E-state index in [1.54, 1.807) is 6.07 Å². The maximum atomic E-state index is 11.5. The van der Waals surface area contributed by atoms with Crippen LogP contribution in [-0.2, 0) is 4.79 Å². The summed E-state index contributed by atoms with van der Waals surface area (Å²) in [5.41, 5.74) is 1.71. The van der Waals surface area contributed by atoms with Crippen LogP contribution >= 0.6 is 0 Å². The van der Waals surface area contributed by atoms with Crippen LogP contribution in [0.4, 0.5) is 5.69 Å². The molecular formula is C11H13NO3. The molecule has 15 heavy (non-hydrogen) atoms. The van der Waals surface area contributed by atoms with E-state index >= 15 is 0 Å². The van der Waals surface area contributed by atoms with E-state index < -0.39 is 12.2 Å². The summed E-state index contributed by atoms with van der Waals surface area (Å²) in [4.78, 5) is 11.5. The number of nitrogens with one attached hydrogen (secondary N) is 1. The van der Waals surface area contributed by atoms with Gasteiger partial charge in [0.25, 0.3) is 5.91 Å². The van der Waals surface area contributed by atoms with Crippen molar-refractivity contribution in [1.82, 2.24) is 0 Å². The topological polar surface area (TPSA) is 58.6 Å². The first-order chi connectivity index (χ1) is 7.08. The average molecular weight is 207 g/mol. The molecule has 4 nitrogen and oxygen atoms in total. The van der Waals surface area contributed by atoms with Crippen LogP contribution in [0.5, 0.6) is 5.75 Å². The molecule has 0 radical (unpaired) electrons. The van der Waals surface area contributed by atoms with E-state index in [1.807, 2.05) is 19.1 Å². The molecule has 0 aromatic heterocycles. The number of aliphatic hydroxyl groups is 1. The number of benzene rings is 1. The molecule has 0 unspecified atom stereocenters. The average Bonchev–Trinajstić information content (AvgIpc) is 2.15. The predicted octanol–water partition coefficient (Wildman–Crippen LogP) is 1.08. The number of ether oxygens (including phenoxy) is 1. The molecule has 0 saturated heterocycles. The number of carbonyl (C=O) groups excluding carboxylic acids is 1. The maximum Gasteiger partial charge on any atom is 0.268 e. The molecule has 2 atom stereocenters. The Morgan fingerprint density at radius 3 is 2.93 bits per heavy atom. The van der Waals surface area contributed by atoms with Gasteiger partial charge in [0.1, 0.15) is 5.75 Å². The second kappa shape index (κ2) is 3.55. The highest BCUT2D eigenvalue weighted by Crippen LogP contribution is 2.30. The van der Waals surface area contributed by atoms with Crippen molar-refractivity contribution in [3.63, 3.8) is 0 Å². The van der Waals surface area contributed by atoms with Crippen molar-refractivity contribution in [3.8, 4) is 5.75 Å². The molecule has 4 heteroatoms. The number of hydrogen-bond acceptors (Lipinski definition) is 3. The first kappa shape index (κ1) is 9.98. The minimum absolute atomic E-state index is 0.303. The molecule has 0 bridgehead atoms. The molecule has 1 aliphatic heterocycles. The summed E-state index contributed by atoms with van der Waals surface area (Å²) in [6, 6.07) is 5.53. The lowest BCUT2D eigenvalue weighted by atomic mass is 10.1. The first-order valence-corrected chi connectivity index (χ1v) is 4.84. The number of anilines is 1. The van der Waals surface area contributed by atoms with Crippen molar-refractivity contribution in [1.29, 1.82) is 0 Å². The summed E-state index contributed by atoms with van der Waals surface area (Å²) in [6.45, 7) is 3.47. The molecule has 1 amide bonds. The van der Waals surface area contributed by atoms with Crippen LogP contribution in [0.25, 0.3) is 0 Å². The third kappa shape index (κ3) is 1.80. The van der Waals surface area contributed by atoms with Gasteiger partial charge in [0.05, 0.1) is 11.8 Å². The summed E-state index contributed by atoms with van der Waals surface area (Å²) in [5, 5.41) is 12.1. The number of amides is 1. The van der Waals surface area contributed by atoms with E-state index in [2.05, 4.69) is 5.32 Å². The van der Waals surface area contributed by atoms with E-state index in [-0.39, 0.29) is 5.91 Å². The Morgan fingerprint density at radius 1 is 1.53 bits per heavy atom. The molecule has 2 N–H and O–H groups in total. The number of aliphatic hydroxyl groups excluding tert-OH is 1. The summed E-state index contributed by atoms with van der Waals surface area (Å²) in [5.74, 6) is 0.300. The van der Waals surface area contributed by atoms with Crippen LogP contribution in [0.15, 0.2) is 18.2 Å². The van der Waals surface area contributed by atoms with E-state index in [1.165, 1.54) is 6.92 Å². The van der Waals surface area contributed by atoms with Crippen molar-refractivity contribution in [2.45, 2.75) is 26.1 Å². The van der Waals surface area contributed by atoms with Gasteiger partial charge < -0.3 is 15.2 Å². The Kier molecular flexibility index (Phi) is 2.36. The van der Waals surface area contributed by atoms with E-state index in [0.717, 1.165) is 5.56 Å². The summed E-state index contributed by atoms with van der Waals surface area (Å²) < 4.78 is 5.40. The minimum atomic E-state index is -0.820. The normalized spacial score (nSPS) is 21.3. The fraction of sp³-hybridized carbons (Fsp3) is 0.364. The van der Waals surface area contributed by atoms with Gasteiger partial charge in [-0.25, -0.2) is 0 Å². The summed E-state index contributed by atoms with van der Waals surface area (Å²) >= 11 is 0. The lowest BCUT2D eigenvalue weighted by molar-refractivity contribution is -0.127. The molecule has 0 saturated carbocycles. The number of fused-ring (bicyclic) bond motifs is 1. The van der Waals surface area contributed by atoms with Crippen LogP contribution < -0.4 is 10.1 Å². The predicted molar refractivity (Wildman–Crippen MR) is 55.9 cm³/mol. The number of rotatable bonds is 1. The SMILES string of the molecule is Cc1ccc2c(c1)NC(=O)[C@H]([C@@H](C)O)O2. The Morgan fingerprint density at radius 2 is 2.27 bits per heavy atom. The highest BCUT2D eigenvalue weighted by molar-refractivity contribution is 5.98. The van der Waals surface area contributed by atoms with E-state index in [4.69, 9.17) is 4.74 Å². The number of aryl methyl sites for hydroxylation is 1. The van der Waals surface area contributed by atoms with Gasteiger partial charge in [-0.05, 0) is 31.5 Å². The number of hydrogen-bond donors (Lipinski definition) is 2. The van der Waals surface area contributed by atoms with Gasteiger partial charge in [-0.1, -0.05) is 6.07 Å². The molecule has 2 rings (SSSR count). The van der Waals surface area contributed by atoms with Crippen LogP contribution in [-0.4, -0.2) is 23.2 Å². The van der Waals surface area contributed by atoms with Crippen molar-refractivity contribution in [3.05, 3.63) is 23.8 Å². The third-order valence-corrected chi connectivity index (χ3v) is 2.34. The second-order valence-electron chi connectivity index (χ2n) is 3.77. The van der Waals surface area contributed by atoms with Crippen molar-refractivity contribution in [2.75, 3.05) is 5.32 Å². The van der Waals surface area contributed by atoms with Gasteiger partial charge in [-0.2, -0.15) is 0 Å². The Balaban J connectivity index is 2.34. The van der Waals surface area contributed by atoms with E-state index in [9.17, 15) is 9.90 Å². The zero-order valence-electron chi connectivity index (χ0n) is 8.65. The molecular weight excluding hydrogens is 194 g/mol. The molecule has 0 aliphatic carbocycles. The Hall–Kier alpha value is -1.55. The smallest absolute Gasteiger partial charge is 0.268 e. The Labute approximate surface area is 87.9 Å². The van der Waals surface area contributed by atoms with Crippen LogP contribution in [0.1, 0.15) is 12.5 Å². The molecule has 1 aromatic carbocycles. The molecule has 0 fully saturated rings. The van der Waals surface area contributed by atoms with Crippen LogP contribution in [0.3, 0.4) is 0 Å². The van der Waals surface area contributed by atoms with Crippen molar-refractivity contribution in [2.24, 2.45) is 0 Å². The zero-order chi connectivity index (χ0) is 11.0. The molecule has 0 spiro atoms.